The Morgan fingerprint density at radius 1 is 0.778 bits per heavy atom. The van der Waals surface area contributed by atoms with Gasteiger partial charge < -0.3 is 19.4 Å². The summed E-state index contributed by atoms with van der Waals surface area (Å²) in [5, 5.41) is 0. The van der Waals surface area contributed by atoms with E-state index in [0.29, 0.717) is 12.5 Å². The lowest BCUT2D eigenvalue weighted by Crippen LogP contribution is -2.54. The number of methoxy groups -OCH3 is 1. The summed E-state index contributed by atoms with van der Waals surface area (Å²) in [4.78, 5) is 34.3. The maximum absolute atomic E-state index is 12.9. The first kappa shape index (κ1) is 24.6. The standard InChI is InChI=1S/C29H38N4O3/c1-36-27-10-6-24(7-11-27)29(35)33-20-18-31(19-21-33)26-12-16-30(17-13-26)25-8-4-23(5-9-25)22-28(34)32-14-2-3-15-32/h4-11,26H,2-3,12-22H2,1H3. The van der Waals surface area contributed by atoms with E-state index in [2.05, 4.69) is 34.1 Å². The van der Waals surface area contributed by atoms with Crippen molar-refractivity contribution in [1.29, 1.82) is 0 Å². The fourth-order valence-corrected chi connectivity index (χ4v) is 5.77. The van der Waals surface area contributed by atoms with Crippen LogP contribution < -0.4 is 9.64 Å². The van der Waals surface area contributed by atoms with Gasteiger partial charge in [-0.1, -0.05) is 12.1 Å². The van der Waals surface area contributed by atoms with Crippen LogP contribution in [0, 0.1) is 0 Å². The zero-order valence-electron chi connectivity index (χ0n) is 21.4. The highest BCUT2D eigenvalue weighted by Crippen LogP contribution is 2.25. The van der Waals surface area contributed by atoms with Crippen molar-refractivity contribution in [3.05, 3.63) is 59.7 Å². The lowest BCUT2D eigenvalue weighted by molar-refractivity contribution is -0.129. The van der Waals surface area contributed by atoms with E-state index in [1.54, 1.807) is 7.11 Å². The Balaban J connectivity index is 1.07. The molecule has 0 unspecified atom stereocenters. The van der Waals surface area contributed by atoms with E-state index >= 15 is 0 Å². The molecule has 2 aromatic carbocycles. The van der Waals surface area contributed by atoms with E-state index in [0.717, 1.165) is 94.9 Å². The van der Waals surface area contributed by atoms with Crippen LogP contribution in [0.1, 0.15) is 41.6 Å². The van der Waals surface area contributed by atoms with Gasteiger partial charge in [-0.15, -0.1) is 0 Å². The van der Waals surface area contributed by atoms with Crippen LogP contribution >= 0.6 is 0 Å². The van der Waals surface area contributed by atoms with Gasteiger partial charge in [-0.3, -0.25) is 14.5 Å². The monoisotopic (exact) mass is 490 g/mol. The lowest BCUT2D eigenvalue weighted by Gasteiger charge is -2.43. The number of rotatable bonds is 6. The maximum atomic E-state index is 12.9. The summed E-state index contributed by atoms with van der Waals surface area (Å²) in [6.45, 7) is 7.35. The molecule has 7 heteroatoms. The summed E-state index contributed by atoms with van der Waals surface area (Å²) < 4.78 is 5.20. The van der Waals surface area contributed by atoms with Crippen LogP contribution in [0.3, 0.4) is 0 Å². The second-order valence-electron chi connectivity index (χ2n) is 10.2. The van der Waals surface area contributed by atoms with E-state index in [1.165, 1.54) is 5.69 Å². The van der Waals surface area contributed by atoms with Gasteiger partial charge in [0.15, 0.2) is 0 Å². The van der Waals surface area contributed by atoms with Crippen molar-refractivity contribution in [3.8, 4) is 5.75 Å². The van der Waals surface area contributed by atoms with E-state index in [-0.39, 0.29) is 11.8 Å². The summed E-state index contributed by atoms with van der Waals surface area (Å²) >= 11 is 0. The third kappa shape index (κ3) is 5.67. The maximum Gasteiger partial charge on any atom is 0.253 e. The summed E-state index contributed by atoms with van der Waals surface area (Å²) in [6.07, 6.45) is 5.06. The van der Waals surface area contributed by atoms with E-state index in [9.17, 15) is 9.59 Å². The molecule has 0 N–H and O–H groups in total. The van der Waals surface area contributed by atoms with Crippen molar-refractivity contribution in [2.75, 3.05) is 64.4 Å². The van der Waals surface area contributed by atoms with Crippen LogP contribution in [0.15, 0.2) is 48.5 Å². The number of likely N-dealkylation sites (tertiary alicyclic amines) is 1. The van der Waals surface area contributed by atoms with Gasteiger partial charge in [-0.2, -0.15) is 0 Å². The SMILES string of the molecule is COc1ccc(C(=O)N2CCN(C3CCN(c4ccc(CC(=O)N5CCCC5)cc4)CC3)CC2)cc1. The second kappa shape index (κ2) is 11.3. The lowest BCUT2D eigenvalue weighted by atomic mass is 10.0. The number of carbonyl (C=O) groups is 2. The van der Waals surface area contributed by atoms with Gasteiger partial charge in [0.1, 0.15) is 5.75 Å². The number of ether oxygens (including phenoxy) is 1. The molecule has 3 aliphatic rings. The molecule has 192 valence electrons. The minimum atomic E-state index is 0.109. The third-order valence-electron chi connectivity index (χ3n) is 8.03. The summed E-state index contributed by atoms with van der Waals surface area (Å²) in [5.74, 6) is 1.14. The predicted octanol–water partition coefficient (Wildman–Crippen LogP) is 3.29. The van der Waals surface area contributed by atoms with Crippen molar-refractivity contribution in [1.82, 2.24) is 14.7 Å². The second-order valence-corrected chi connectivity index (χ2v) is 10.2. The van der Waals surface area contributed by atoms with Crippen molar-refractivity contribution in [3.63, 3.8) is 0 Å². The number of piperazine rings is 1. The largest absolute Gasteiger partial charge is 0.497 e. The Morgan fingerprint density at radius 2 is 1.42 bits per heavy atom. The zero-order valence-corrected chi connectivity index (χ0v) is 21.4. The Morgan fingerprint density at radius 3 is 2.03 bits per heavy atom. The van der Waals surface area contributed by atoms with Gasteiger partial charge in [-0.05, 0) is 67.6 Å². The molecule has 3 fully saturated rings. The fourth-order valence-electron chi connectivity index (χ4n) is 5.77. The smallest absolute Gasteiger partial charge is 0.253 e. The molecule has 36 heavy (non-hydrogen) atoms. The van der Waals surface area contributed by atoms with Crippen molar-refractivity contribution in [2.45, 2.75) is 38.1 Å². The molecule has 7 nitrogen and oxygen atoms in total. The highest BCUT2D eigenvalue weighted by atomic mass is 16.5. The number of hydrogen-bond acceptors (Lipinski definition) is 5. The number of benzene rings is 2. The molecule has 0 bridgehead atoms. The fraction of sp³-hybridized carbons (Fsp3) is 0.517. The van der Waals surface area contributed by atoms with Gasteiger partial charge in [0, 0.05) is 69.7 Å². The van der Waals surface area contributed by atoms with Crippen LogP contribution in [0.2, 0.25) is 0 Å². The Hall–Kier alpha value is -3.06. The molecule has 3 aliphatic heterocycles. The number of nitrogens with zero attached hydrogens (tertiary/aromatic N) is 4. The van der Waals surface area contributed by atoms with Gasteiger partial charge in [0.25, 0.3) is 5.91 Å². The minimum Gasteiger partial charge on any atom is -0.497 e. The van der Waals surface area contributed by atoms with Gasteiger partial charge in [0.2, 0.25) is 5.91 Å². The molecule has 0 saturated carbocycles. The molecule has 2 aromatic rings. The molecule has 5 rings (SSSR count). The van der Waals surface area contributed by atoms with Crippen LogP contribution in [0.25, 0.3) is 0 Å². The Bertz CT molecular complexity index is 1020. The van der Waals surface area contributed by atoms with Crippen LogP contribution in [0.4, 0.5) is 5.69 Å². The Labute approximate surface area is 214 Å². The van der Waals surface area contributed by atoms with Crippen LogP contribution in [-0.2, 0) is 11.2 Å². The van der Waals surface area contributed by atoms with Crippen molar-refractivity contribution in [2.24, 2.45) is 0 Å². The molecule has 3 heterocycles. The van der Waals surface area contributed by atoms with Crippen molar-refractivity contribution >= 4 is 17.5 Å². The van der Waals surface area contributed by atoms with Gasteiger partial charge >= 0.3 is 0 Å². The average Bonchev–Trinajstić information content (AvgIpc) is 3.49. The van der Waals surface area contributed by atoms with Crippen molar-refractivity contribution < 1.29 is 14.3 Å². The number of piperidine rings is 1. The number of hydrogen-bond donors (Lipinski definition) is 0. The number of amides is 2. The first-order valence-corrected chi connectivity index (χ1v) is 13.4. The van der Waals surface area contributed by atoms with Gasteiger partial charge in [-0.25, -0.2) is 0 Å². The third-order valence-corrected chi connectivity index (χ3v) is 8.03. The zero-order chi connectivity index (χ0) is 24.9. The molecule has 0 atom stereocenters. The molecule has 0 aliphatic carbocycles. The Kier molecular flexibility index (Phi) is 7.75. The number of carbonyl (C=O) groups excluding carboxylic acids is 2. The highest BCUT2D eigenvalue weighted by molar-refractivity contribution is 5.94. The molecule has 0 aromatic heterocycles. The molecule has 2 amide bonds. The quantitative estimate of drug-likeness (QED) is 0.622. The minimum absolute atomic E-state index is 0.109. The van der Waals surface area contributed by atoms with E-state index in [1.807, 2.05) is 34.1 Å². The van der Waals surface area contributed by atoms with E-state index < -0.39 is 0 Å². The molecule has 0 spiro atoms. The molecular formula is C29H38N4O3. The summed E-state index contributed by atoms with van der Waals surface area (Å²) in [6, 6.07) is 16.6. The summed E-state index contributed by atoms with van der Waals surface area (Å²) in [7, 11) is 1.64. The van der Waals surface area contributed by atoms with Crippen LogP contribution in [0.5, 0.6) is 5.75 Å². The normalized spacial score (nSPS) is 19.5. The summed E-state index contributed by atoms with van der Waals surface area (Å²) in [5.41, 5.74) is 3.08. The predicted molar refractivity (Wildman–Crippen MR) is 142 cm³/mol. The van der Waals surface area contributed by atoms with Crippen LogP contribution in [-0.4, -0.2) is 92.0 Å². The highest BCUT2D eigenvalue weighted by Gasteiger charge is 2.29. The van der Waals surface area contributed by atoms with E-state index in [4.69, 9.17) is 4.74 Å². The molecule has 3 saturated heterocycles. The first-order valence-electron chi connectivity index (χ1n) is 13.4. The number of anilines is 1. The molecule has 0 radical (unpaired) electrons. The average molecular weight is 491 g/mol. The first-order chi connectivity index (χ1) is 17.6. The molecular weight excluding hydrogens is 452 g/mol. The topological polar surface area (TPSA) is 56.3 Å². The van der Waals surface area contributed by atoms with Gasteiger partial charge in [0.05, 0.1) is 13.5 Å².